The number of nitrogens with zero attached hydrogens (tertiary/aromatic N) is 4. The molecule has 0 unspecified atom stereocenters. The monoisotopic (exact) mass is 505 g/mol. The van der Waals surface area contributed by atoms with Gasteiger partial charge in [0.05, 0.1) is 6.04 Å². The van der Waals surface area contributed by atoms with Crippen LogP contribution in [0.1, 0.15) is 57.2 Å². The lowest BCUT2D eigenvalue weighted by molar-refractivity contribution is -0.131. The minimum absolute atomic E-state index is 0.0931. The van der Waals surface area contributed by atoms with Crippen LogP contribution in [0.4, 0.5) is 0 Å². The van der Waals surface area contributed by atoms with E-state index >= 15 is 0 Å². The highest BCUT2D eigenvalue weighted by Gasteiger charge is 2.29. The van der Waals surface area contributed by atoms with Crippen molar-refractivity contribution in [1.29, 1.82) is 0 Å². The van der Waals surface area contributed by atoms with Crippen LogP contribution in [0.5, 0.6) is 11.6 Å². The first kappa shape index (κ1) is 23.9. The fourth-order valence-corrected chi connectivity index (χ4v) is 5.59. The number of aromatic amines is 1. The number of rotatable bonds is 4. The summed E-state index contributed by atoms with van der Waals surface area (Å²) in [6.07, 6.45) is 8.45. The van der Waals surface area contributed by atoms with Gasteiger partial charge in [0.15, 0.2) is 0 Å². The molecule has 2 fully saturated rings. The number of piperidine rings is 1. The molecular weight excluding hydrogens is 474 g/mol. The Morgan fingerprint density at radius 3 is 2.46 bits per heavy atom. The molecule has 1 aromatic carbocycles. The van der Waals surface area contributed by atoms with Gasteiger partial charge in [-0.3, -0.25) is 0 Å². The zero-order valence-electron chi connectivity index (χ0n) is 21.1. The van der Waals surface area contributed by atoms with E-state index < -0.39 is 11.9 Å². The summed E-state index contributed by atoms with van der Waals surface area (Å²) >= 11 is 0. The second-order valence-corrected chi connectivity index (χ2v) is 10.2. The predicted molar refractivity (Wildman–Crippen MR) is 135 cm³/mol. The summed E-state index contributed by atoms with van der Waals surface area (Å²) in [4.78, 5) is 35.4. The highest BCUT2D eigenvalue weighted by atomic mass is 16.6. The fourth-order valence-electron chi connectivity index (χ4n) is 5.59. The second kappa shape index (κ2) is 9.75. The van der Waals surface area contributed by atoms with Gasteiger partial charge in [0.25, 0.3) is 0 Å². The second-order valence-electron chi connectivity index (χ2n) is 10.2. The molecule has 0 saturated carbocycles. The maximum absolute atomic E-state index is 12.3. The molecule has 10 nitrogen and oxygen atoms in total. The average Bonchev–Trinajstić information content (AvgIpc) is 3.55. The predicted octanol–water partition coefficient (Wildman–Crippen LogP) is 3.75. The number of ether oxygens (including phenoxy) is 3. The van der Waals surface area contributed by atoms with Gasteiger partial charge in [-0.1, -0.05) is 0 Å². The third-order valence-electron chi connectivity index (χ3n) is 7.55. The number of benzene rings is 1. The number of imidazole rings is 1. The van der Waals surface area contributed by atoms with Gasteiger partial charge in [0, 0.05) is 54.8 Å². The SMILES string of the molecule is CC(C)n1nc2c(-c3ncc(C4CCN(C5CCOCC5)CC4)[nH]3)ccc3c2c1OC(=O)/C=C/C(=O)O3. The first-order valence-corrected chi connectivity index (χ1v) is 13.0. The Balaban J connectivity index is 1.31. The van der Waals surface area contributed by atoms with Crippen LogP contribution >= 0.6 is 0 Å². The van der Waals surface area contributed by atoms with E-state index in [1.165, 1.54) is 0 Å². The van der Waals surface area contributed by atoms with Crippen LogP contribution in [-0.4, -0.2) is 68.9 Å². The molecule has 194 valence electrons. The first-order chi connectivity index (χ1) is 18.0. The quantitative estimate of drug-likeness (QED) is 0.422. The molecule has 0 radical (unpaired) electrons. The highest BCUT2D eigenvalue weighted by molar-refractivity contribution is 6.04. The Bertz CT molecular complexity index is 1360. The molecule has 10 heteroatoms. The molecular formula is C27H31N5O5. The van der Waals surface area contributed by atoms with Crippen molar-refractivity contribution in [3.63, 3.8) is 0 Å². The van der Waals surface area contributed by atoms with Crippen LogP contribution in [0.25, 0.3) is 22.3 Å². The summed E-state index contributed by atoms with van der Waals surface area (Å²) in [5.74, 6) is 0.326. The summed E-state index contributed by atoms with van der Waals surface area (Å²) in [7, 11) is 0. The Labute approximate surface area is 214 Å². The minimum Gasteiger partial charge on any atom is -0.422 e. The maximum atomic E-state index is 12.3. The molecule has 37 heavy (non-hydrogen) atoms. The molecule has 0 spiro atoms. The number of likely N-dealkylation sites (tertiary alicyclic amines) is 1. The average molecular weight is 506 g/mol. The van der Waals surface area contributed by atoms with Gasteiger partial charge in [-0.25, -0.2) is 19.3 Å². The number of H-pyrrole nitrogens is 1. The van der Waals surface area contributed by atoms with Crippen LogP contribution in [-0.2, 0) is 14.3 Å². The van der Waals surface area contributed by atoms with E-state index in [0.717, 1.165) is 75.4 Å². The van der Waals surface area contributed by atoms with Crippen molar-refractivity contribution < 1.29 is 23.8 Å². The lowest BCUT2D eigenvalue weighted by Gasteiger charge is -2.39. The van der Waals surface area contributed by atoms with E-state index in [2.05, 4.69) is 9.88 Å². The number of aromatic nitrogens is 4. The Morgan fingerprint density at radius 2 is 1.73 bits per heavy atom. The molecule has 1 N–H and O–H groups in total. The van der Waals surface area contributed by atoms with E-state index in [-0.39, 0.29) is 17.7 Å². The number of hydrogen-bond acceptors (Lipinski definition) is 8. The topological polar surface area (TPSA) is 112 Å². The maximum Gasteiger partial charge on any atom is 0.337 e. The summed E-state index contributed by atoms with van der Waals surface area (Å²) in [5, 5.41) is 5.24. The highest BCUT2D eigenvalue weighted by Crippen LogP contribution is 2.41. The molecule has 3 aromatic rings. The van der Waals surface area contributed by atoms with Crippen molar-refractivity contribution in [3.05, 3.63) is 36.2 Å². The largest absolute Gasteiger partial charge is 0.422 e. The molecule has 6 rings (SSSR count). The molecule has 2 saturated heterocycles. The van der Waals surface area contributed by atoms with Gasteiger partial charge in [-0.2, -0.15) is 5.10 Å². The zero-order chi connectivity index (χ0) is 25.5. The van der Waals surface area contributed by atoms with Crippen molar-refractivity contribution in [1.82, 2.24) is 24.6 Å². The standard InChI is InChI=1S/C27H31N5O5/c1-16(2)32-27-24-21(36-22(33)5-6-23(34)37-27)4-3-19(25(24)30-32)26-28-15-20(29-26)17-7-11-31(12-8-17)18-9-13-35-14-10-18/h3-6,15-18H,7-14H2,1-2H3,(H,28,29)/b6-5+. The smallest absolute Gasteiger partial charge is 0.337 e. The Kier molecular flexibility index (Phi) is 6.29. The van der Waals surface area contributed by atoms with Gasteiger partial charge in [0.2, 0.25) is 5.88 Å². The summed E-state index contributed by atoms with van der Waals surface area (Å²) in [5.41, 5.74) is 2.42. The van der Waals surface area contributed by atoms with Crippen LogP contribution < -0.4 is 9.47 Å². The molecule has 2 aromatic heterocycles. The lowest BCUT2D eigenvalue weighted by Crippen LogP contribution is -2.43. The molecule has 0 bridgehead atoms. The summed E-state index contributed by atoms with van der Waals surface area (Å²) < 4.78 is 18.3. The van der Waals surface area contributed by atoms with E-state index in [1.807, 2.05) is 26.1 Å². The Hall–Kier alpha value is -3.50. The van der Waals surface area contributed by atoms with E-state index in [9.17, 15) is 9.59 Å². The van der Waals surface area contributed by atoms with Crippen LogP contribution in [0.15, 0.2) is 30.5 Å². The van der Waals surface area contributed by atoms with Gasteiger partial charge in [0.1, 0.15) is 22.5 Å². The summed E-state index contributed by atoms with van der Waals surface area (Å²) in [6.45, 7) is 7.78. The summed E-state index contributed by atoms with van der Waals surface area (Å²) in [6, 6.07) is 4.09. The molecule has 0 aliphatic carbocycles. The van der Waals surface area contributed by atoms with Crippen LogP contribution in [0, 0.1) is 0 Å². The molecule has 3 aliphatic heterocycles. The van der Waals surface area contributed by atoms with E-state index in [0.29, 0.717) is 28.7 Å². The van der Waals surface area contributed by atoms with Gasteiger partial charge < -0.3 is 24.1 Å². The molecule has 0 atom stereocenters. The van der Waals surface area contributed by atoms with Crippen molar-refractivity contribution in [2.45, 2.75) is 57.5 Å². The van der Waals surface area contributed by atoms with Gasteiger partial charge >= 0.3 is 11.9 Å². The number of carbonyl (C=O) groups excluding carboxylic acids is 2. The lowest BCUT2D eigenvalue weighted by atomic mass is 9.92. The third-order valence-corrected chi connectivity index (χ3v) is 7.55. The molecule has 3 aliphatic rings. The van der Waals surface area contributed by atoms with Gasteiger partial charge in [-0.05, 0) is 64.8 Å². The van der Waals surface area contributed by atoms with Crippen molar-refractivity contribution in [2.24, 2.45) is 0 Å². The van der Waals surface area contributed by atoms with E-state index in [4.69, 9.17) is 24.3 Å². The minimum atomic E-state index is -0.661. The van der Waals surface area contributed by atoms with Gasteiger partial charge in [-0.15, -0.1) is 0 Å². The van der Waals surface area contributed by atoms with E-state index in [1.54, 1.807) is 10.7 Å². The normalized spacial score (nSPS) is 20.9. The van der Waals surface area contributed by atoms with Crippen molar-refractivity contribution in [2.75, 3.05) is 26.3 Å². The van der Waals surface area contributed by atoms with Crippen LogP contribution in [0.3, 0.4) is 0 Å². The first-order valence-electron chi connectivity index (χ1n) is 13.0. The number of esters is 2. The fraction of sp³-hybridized carbons (Fsp3) is 0.481. The van der Waals surface area contributed by atoms with Crippen molar-refractivity contribution >= 4 is 22.8 Å². The zero-order valence-corrected chi connectivity index (χ0v) is 21.1. The number of hydrogen-bond donors (Lipinski definition) is 1. The third kappa shape index (κ3) is 4.55. The molecule has 5 heterocycles. The molecule has 0 amide bonds. The Morgan fingerprint density at radius 1 is 1.00 bits per heavy atom. The van der Waals surface area contributed by atoms with Crippen molar-refractivity contribution in [3.8, 4) is 23.0 Å². The number of nitrogens with one attached hydrogen (secondary N) is 1. The number of carbonyl (C=O) groups is 2. The van der Waals surface area contributed by atoms with Crippen LogP contribution in [0.2, 0.25) is 0 Å².